The fourth-order valence-corrected chi connectivity index (χ4v) is 5.20. The van der Waals surface area contributed by atoms with Crippen LogP contribution in [0.1, 0.15) is 73.0 Å². The van der Waals surface area contributed by atoms with Gasteiger partial charge in [-0.15, -0.1) is 0 Å². The molecule has 0 unspecified atom stereocenters. The number of nitrogens with one attached hydrogen (secondary N) is 2. The van der Waals surface area contributed by atoms with Crippen molar-refractivity contribution in [1.29, 1.82) is 0 Å². The third kappa shape index (κ3) is 12.6. The minimum absolute atomic E-state index is 0. The number of nitrogens with zero attached hydrogens (tertiary/aromatic N) is 2. The van der Waals surface area contributed by atoms with E-state index in [-0.39, 0.29) is 68.6 Å². The Balaban J connectivity index is 0.00000302. The number of aromatic amines is 2. The van der Waals surface area contributed by atoms with Gasteiger partial charge in [0.2, 0.25) is 0 Å². The summed E-state index contributed by atoms with van der Waals surface area (Å²) in [5, 5.41) is 0. The summed E-state index contributed by atoms with van der Waals surface area (Å²) in [6.45, 7) is 19.4. The molecular formula is C41H57N4O4WY. The number of ether oxygens (including phenoxy) is 4. The molecule has 51 heavy (non-hydrogen) atoms. The van der Waals surface area contributed by atoms with Gasteiger partial charge in [0.15, 0.2) is 0 Å². The van der Waals surface area contributed by atoms with Gasteiger partial charge in [-0.05, 0) is 53.2 Å². The standard InChI is InChI=1S/C35H39N4O4.2C2H6.2CH3.W.Y/c1-5-34-36-21-31(37-34)26-7-10-28-25-6-9-27(24-8-11-29-30(18-24)39-35(38-29)23(4)22(2)3)32(19-25)42-16-14-40-12-13-41-15-17-43-33(28)20-26;2*1-2;;;;/h5-11,18-23H,12-17H2,1-4H3,(H,36,37)(H,38,39);2*1-2H3;2*1H3;;/q-1;;;2*-1;;+3/t23-;;;;;;/m1....../s1. The molecule has 2 N–H and O–H groups in total. The summed E-state index contributed by atoms with van der Waals surface area (Å²) >= 11 is 0. The van der Waals surface area contributed by atoms with Crippen molar-refractivity contribution in [2.75, 3.05) is 39.6 Å². The second-order valence-corrected chi connectivity index (χ2v) is 11.2. The van der Waals surface area contributed by atoms with Gasteiger partial charge in [-0.25, -0.2) is 4.98 Å². The molecule has 1 aliphatic heterocycles. The molecule has 2 bridgehead atoms. The topological polar surface area (TPSA) is 94.3 Å². The SMILES string of the molecule is CC.CC.C[CH-]c1ncc(-c2ccc3c(c2)OCCOCCOCCOc2cc-3ccc2-c2ccc3nc([C@H](C)C(C)C)[nH]c3c2)[nH]1.[CH3-].[CH3-].[W].[Y+3]. The van der Waals surface area contributed by atoms with Crippen molar-refractivity contribution in [2.24, 2.45) is 5.92 Å². The first-order chi connectivity index (χ1) is 23.0. The minimum Gasteiger partial charge on any atom is -0.491 e. The molecule has 8 nitrogen and oxygen atoms in total. The van der Waals surface area contributed by atoms with Crippen LogP contribution in [0, 0.1) is 27.2 Å². The van der Waals surface area contributed by atoms with Crippen molar-refractivity contribution in [3.8, 4) is 45.0 Å². The average Bonchev–Trinajstić information content (AvgIpc) is 3.77. The minimum atomic E-state index is 0. The first-order valence-corrected chi connectivity index (χ1v) is 17.0. The van der Waals surface area contributed by atoms with E-state index in [1.165, 1.54) is 0 Å². The zero-order valence-electron chi connectivity index (χ0n) is 32.3. The average molecular weight is 943 g/mol. The number of fused-ring (bicyclic) bond motifs is 5. The molecule has 0 saturated carbocycles. The first kappa shape index (κ1) is 48.5. The van der Waals surface area contributed by atoms with Gasteiger partial charge in [-0.1, -0.05) is 72.7 Å². The van der Waals surface area contributed by atoms with Crippen LogP contribution in [0.15, 0.2) is 60.8 Å². The fraction of sp³-hybridized carbons (Fsp3) is 0.390. The number of imidazole rings is 2. The van der Waals surface area contributed by atoms with Gasteiger partial charge in [-0.3, -0.25) is 4.98 Å². The van der Waals surface area contributed by atoms with E-state index >= 15 is 0 Å². The number of rotatable bonds is 5. The molecule has 274 valence electrons. The van der Waals surface area contributed by atoms with E-state index in [0.29, 0.717) is 51.5 Å². The molecule has 10 heteroatoms. The van der Waals surface area contributed by atoms with Crippen LogP contribution < -0.4 is 9.47 Å². The molecule has 0 fully saturated rings. The summed E-state index contributed by atoms with van der Waals surface area (Å²) in [4.78, 5) is 16.2. The van der Waals surface area contributed by atoms with Crippen molar-refractivity contribution in [3.05, 3.63) is 93.7 Å². The molecular weight excluding hydrogens is 885 g/mol. The van der Waals surface area contributed by atoms with E-state index in [1.54, 1.807) is 0 Å². The van der Waals surface area contributed by atoms with Gasteiger partial charge in [0.25, 0.3) is 0 Å². The molecule has 1 atom stereocenters. The van der Waals surface area contributed by atoms with E-state index < -0.39 is 0 Å². The third-order valence-corrected chi connectivity index (χ3v) is 8.04. The van der Waals surface area contributed by atoms with Gasteiger partial charge in [0, 0.05) is 49.9 Å². The summed E-state index contributed by atoms with van der Waals surface area (Å²) in [7, 11) is 0. The second-order valence-electron chi connectivity index (χ2n) is 11.2. The summed E-state index contributed by atoms with van der Waals surface area (Å²) in [5.74, 6) is 4.25. The van der Waals surface area contributed by atoms with Gasteiger partial charge in [0.05, 0.1) is 43.2 Å². The second kappa shape index (κ2) is 24.7. The summed E-state index contributed by atoms with van der Waals surface area (Å²) in [5.41, 5.74) is 7.96. The van der Waals surface area contributed by atoms with Crippen molar-refractivity contribution in [2.45, 2.75) is 61.3 Å². The Bertz CT molecular complexity index is 1700. The predicted molar refractivity (Wildman–Crippen MR) is 205 cm³/mol. The van der Waals surface area contributed by atoms with Crippen molar-refractivity contribution in [1.82, 2.24) is 19.9 Å². The summed E-state index contributed by atoms with van der Waals surface area (Å²) in [6.07, 6.45) is 3.79. The van der Waals surface area contributed by atoms with Crippen LogP contribution in [-0.4, -0.2) is 59.6 Å². The van der Waals surface area contributed by atoms with Crippen LogP contribution in [0.25, 0.3) is 44.5 Å². The molecule has 0 spiro atoms. The smallest absolute Gasteiger partial charge is 0.491 e. The van der Waals surface area contributed by atoms with Crippen molar-refractivity contribution in [3.63, 3.8) is 0 Å². The van der Waals surface area contributed by atoms with Crippen LogP contribution >= 0.6 is 0 Å². The van der Waals surface area contributed by atoms with E-state index in [4.69, 9.17) is 23.9 Å². The Hall–Kier alpha value is -2.48. The molecule has 3 heterocycles. The van der Waals surface area contributed by atoms with Crippen LogP contribution in [0.5, 0.6) is 11.5 Å². The number of H-pyrrole nitrogens is 2. The number of hydrogen-bond acceptors (Lipinski definition) is 6. The normalized spacial score (nSPS) is 13.0. The largest absolute Gasteiger partial charge is 3.00 e. The number of benzene rings is 3. The van der Waals surface area contributed by atoms with Crippen LogP contribution in [0.3, 0.4) is 0 Å². The van der Waals surface area contributed by atoms with Crippen molar-refractivity contribution < 1.29 is 72.7 Å². The third-order valence-electron chi connectivity index (χ3n) is 8.04. The molecule has 0 aliphatic carbocycles. The monoisotopic (exact) mass is 942 g/mol. The van der Waals surface area contributed by atoms with Gasteiger partial charge in [-0.2, -0.15) is 6.92 Å². The van der Waals surface area contributed by atoms with Crippen molar-refractivity contribution >= 4 is 11.0 Å². The first-order valence-electron chi connectivity index (χ1n) is 17.0. The molecule has 5 aromatic rings. The Morgan fingerprint density at radius 3 is 1.75 bits per heavy atom. The van der Waals surface area contributed by atoms with E-state index in [9.17, 15) is 0 Å². The molecule has 2 aromatic heterocycles. The number of aromatic nitrogens is 4. The van der Waals surface area contributed by atoms with Gasteiger partial charge in [0.1, 0.15) is 30.5 Å². The zero-order chi connectivity index (χ0) is 33.8. The van der Waals surface area contributed by atoms with Crippen LogP contribution in [0.4, 0.5) is 0 Å². The Kier molecular flexibility index (Phi) is 23.5. The van der Waals surface area contributed by atoms with Crippen LogP contribution in [0.2, 0.25) is 0 Å². The Morgan fingerprint density at radius 1 is 0.686 bits per heavy atom. The van der Waals surface area contributed by atoms with E-state index in [1.807, 2.05) is 47.2 Å². The maximum absolute atomic E-state index is 6.37. The van der Waals surface area contributed by atoms with E-state index in [2.05, 4.69) is 90.3 Å². The van der Waals surface area contributed by atoms with Gasteiger partial charge < -0.3 is 50.2 Å². The molecule has 0 amide bonds. The number of hydrogen-bond donors (Lipinski definition) is 2. The summed E-state index contributed by atoms with van der Waals surface area (Å²) < 4.78 is 24.1. The summed E-state index contributed by atoms with van der Waals surface area (Å²) in [6, 6.07) is 18.9. The quantitative estimate of drug-likeness (QED) is 0.171. The van der Waals surface area contributed by atoms with Gasteiger partial charge >= 0.3 is 32.7 Å². The van der Waals surface area contributed by atoms with E-state index in [0.717, 1.165) is 67.7 Å². The Morgan fingerprint density at radius 2 is 1.20 bits per heavy atom. The maximum Gasteiger partial charge on any atom is 3.00 e. The maximum atomic E-state index is 6.37. The zero-order valence-corrected chi connectivity index (χ0v) is 38.0. The molecule has 0 radical (unpaired) electrons. The predicted octanol–water partition coefficient (Wildman–Crippen LogP) is 10.4. The van der Waals surface area contributed by atoms with Crippen LogP contribution in [-0.2, 0) is 63.2 Å². The fourth-order valence-electron chi connectivity index (χ4n) is 5.20. The Labute approximate surface area is 346 Å². The molecule has 0 saturated heterocycles. The molecule has 6 rings (SSSR count). The molecule has 3 aromatic carbocycles. The molecule has 1 aliphatic rings.